The molecule has 0 aliphatic carbocycles. The number of hydrogen-bond donors (Lipinski definition) is 0. The molecule has 0 saturated carbocycles. The van der Waals surface area contributed by atoms with Crippen molar-refractivity contribution in [3.63, 3.8) is 0 Å². The molecule has 2 aliphatic heterocycles. The number of likely N-dealkylation sites (tertiary alicyclic amines) is 2. The van der Waals surface area contributed by atoms with E-state index in [-0.39, 0.29) is 12.0 Å². The van der Waals surface area contributed by atoms with Crippen LogP contribution in [0.4, 0.5) is 0 Å². The molecule has 3 heterocycles. The van der Waals surface area contributed by atoms with Crippen LogP contribution in [0.15, 0.2) is 40.9 Å². The summed E-state index contributed by atoms with van der Waals surface area (Å²) in [6, 6.07) is 12.6. The van der Waals surface area contributed by atoms with Crippen LogP contribution in [0.1, 0.15) is 48.7 Å². The second-order valence-electron chi connectivity index (χ2n) is 7.59. The van der Waals surface area contributed by atoms with Crippen LogP contribution in [0.25, 0.3) is 0 Å². The van der Waals surface area contributed by atoms with Crippen LogP contribution >= 0.6 is 0 Å². The van der Waals surface area contributed by atoms with E-state index in [0.717, 1.165) is 63.3 Å². The minimum absolute atomic E-state index is 0.0994. The van der Waals surface area contributed by atoms with E-state index < -0.39 is 0 Å². The summed E-state index contributed by atoms with van der Waals surface area (Å²) in [7, 11) is 0. The summed E-state index contributed by atoms with van der Waals surface area (Å²) in [6.45, 7) is 5.71. The molecule has 0 spiro atoms. The van der Waals surface area contributed by atoms with E-state index in [1.54, 1.807) is 0 Å². The molecule has 5 nitrogen and oxygen atoms in total. The summed E-state index contributed by atoms with van der Waals surface area (Å²) >= 11 is 0. The highest BCUT2D eigenvalue weighted by atomic mass is 16.5. The van der Waals surface area contributed by atoms with Gasteiger partial charge in [0.05, 0.1) is 6.04 Å². The van der Waals surface area contributed by atoms with Gasteiger partial charge in [-0.05, 0) is 51.3 Å². The van der Waals surface area contributed by atoms with Gasteiger partial charge < -0.3 is 9.42 Å². The van der Waals surface area contributed by atoms with E-state index in [4.69, 9.17) is 4.52 Å². The van der Waals surface area contributed by atoms with Gasteiger partial charge in [-0.25, -0.2) is 0 Å². The van der Waals surface area contributed by atoms with Gasteiger partial charge in [0.2, 0.25) is 5.91 Å². The summed E-state index contributed by atoms with van der Waals surface area (Å²) in [5, 5.41) is 4.16. The highest BCUT2D eigenvalue weighted by Crippen LogP contribution is 2.34. The second-order valence-corrected chi connectivity index (χ2v) is 7.59. The predicted octanol–water partition coefficient (Wildman–Crippen LogP) is 3.56. The lowest BCUT2D eigenvalue weighted by atomic mass is 9.94. The quantitative estimate of drug-likeness (QED) is 0.843. The average Bonchev–Trinajstić information content (AvgIpc) is 3.31. The Morgan fingerprint density at radius 3 is 2.62 bits per heavy atom. The third-order valence-electron chi connectivity index (χ3n) is 5.71. The number of piperidine rings is 1. The standard InChI is InChI=1S/C21H27N3O2/c1-16-14-19(22-26-16)20-8-5-11-24(20)21(25)18-9-12-23(13-10-18)15-17-6-3-2-4-7-17/h2-4,6-7,14,18,20H,5,8-13,15H2,1H3/t20-/m0/s1. The molecule has 2 fully saturated rings. The van der Waals surface area contributed by atoms with E-state index in [1.807, 2.05) is 13.0 Å². The smallest absolute Gasteiger partial charge is 0.226 e. The molecule has 0 unspecified atom stereocenters. The molecule has 1 aromatic carbocycles. The van der Waals surface area contributed by atoms with Crippen LogP contribution in [-0.2, 0) is 11.3 Å². The Bertz CT molecular complexity index is 735. The normalized spacial score (nSPS) is 22.0. The van der Waals surface area contributed by atoms with Gasteiger partial charge in [-0.1, -0.05) is 35.5 Å². The topological polar surface area (TPSA) is 49.6 Å². The molecule has 2 aliphatic rings. The number of carbonyl (C=O) groups is 1. The van der Waals surface area contributed by atoms with Crippen molar-refractivity contribution in [1.29, 1.82) is 0 Å². The number of nitrogens with zero attached hydrogens (tertiary/aromatic N) is 3. The molecule has 4 rings (SSSR count). The van der Waals surface area contributed by atoms with Gasteiger partial charge in [0, 0.05) is 25.1 Å². The van der Waals surface area contributed by atoms with E-state index in [1.165, 1.54) is 5.56 Å². The molecule has 1 amide bonds. The molecule has 1 aromatic heterocycles. The lowest BCUT2D eigenvalue weighted by Crippen LogP contribution is -2.42. The zero-order valence-corrected chi connectivity index (χ0v) is 15.4. The maximum atomic E-state index is 13.1. The number of benzene rings is 1. The summed E-state index contributed by atoms with van der Waals surface area (Å²) in [5.74, 6) is 1.27. The maximum absolute atomic E-state index is 13.1. The van der Waals surface area contributed by atoms with Crippen molar-refractivity contribution in [3.8, 4) is 0 Å². The number of aromatic nitrogens is 1. The average molecular weight is 353 g/mol. The van der Waals surface area contributed by atoms with Gasteiger partial charge in [-0.3, -0.25) is 9.69 Å². The van der Waals surface area contributed by atoms with Crippen LogP contribution in [0.5, 0.6) is 0 Å². The lowest BCUT2D eigenvalue weighted by Gasteiger charge is -2.34. The van der Waals surface area contributed by atoms with E-state index in [0.29, 0.717) is 5.91 Å². The highest BCUT2D eigenvalue weighted by molar-refractivity contribution is 5.79. The Labute approximate surface area is 155 Å². The number of carbonyl (C=O) groups excluding carboxylic acids is 1. The van der Waals surface area contributed by atoms with Gasteiger partial charge in [0.15, 0.2) is 0 Å². The lowest BCUT2D eigenvalue weighted by molar-refractivity contribution is -0.138. The fourth-order valence-corrected chi connectivity index (χ4v) is 4.29. The molecule has 26 heavy (non-hydrogen) atoms. The van der Waals surface area contributed by atoms with Crippen molar-refractivity contribution < 1.29 is 9.32 Å². The minimum atomic E-state index is 0.0994. The highest BCUT2D eigenvalue weighted by Gasteiger charge is 2.36. The Kier molecular flexibility index (Phi) is 5.07. The fraction of sp³-hybridized carbons (Fsp3) is 0.524. The van der Waals surface area contributed by atoms with Crippen molar-refractivity contribution in [1.82, 2.24) is 15.0 Å². The van der Waals surface area contributed by atoms with Crippen molar-refractivity contribution >= 4 is 5.91 Å². The monoisotopic (exact) mass is 353 g/mol. The molecule has 2 aromatic rings. The molecule has 138 valence electrons. The number of hydrogen-bond acceptors (Lipinski definition) is 4. The third kappa shape index (κ3) is 3.68. The van der Waals surface area contributed by atoms with Gasteiger partial charge in [-0.2, -0.15) is 0 Å². The molecule has 2 saturated heterocycles. The predicted molar refractivity (Wildman–Crippen MR) is 99.4 cm³/mol. The summed E-state index contributed by atoms with van der Waals surface area (Å²) < 4.78 is 5.23. The Balaban J connectivity index is 1.34. The van der Waals surface area contributed by atoms with E-state index in [2.05, 4.69) is 45.3 Å². The zero-order chi connectivity index (χ0) is 17.9. The summed E-state index contributed by atoms with van der Waals surface area (Å²) in [6.07, 6.45) is 3.94. The molecule has 1 atom stereocenters. The summed E-state index contributed by atoms with van der Waals surface area (Å²) in [5.41, 5.74) is 2.26. The molecular weight excluding hydrogens is 326 g/mol. The molecule has 0 bridgehead atoms. The SMILES string of the molecule is Cc1cc([C@@H]2CCCN2C(=O)C2CCN(Cc3ccccc3)CC2)no1. The van der Waals surface area contributed by atoms with Crippen molar-refractivity contribution in [2.75, 3.05) is 19.6 Å². The first-order valence-electron chi connectivity index (χ1n) is 9.70. The fourth-order valence-electron chi connectivity index (χ4n) is 4.29. The molecular formula is C21H27N3O2. The number of aryl methyl sites for hydroxylation is 1. The van der Waals surface area contributed by atoms with E-state index >= 15 is 0 Å². The van der Waals surface area contributed by atoms with Crippen LogP contribution in [0.2, 0.25) is 0 Å². The van der Waals surface area contributed by atoms with Crippen molar-refractivity contribution in [3.05, 3.63) is 53.4 Å². The van der Waals surface area contributed by atoms with E-state index in [9.17, 15) is 4.79 Å². The van der Waals surface area contributed by atoms with Crippen LogP contribution in [-0.4, -0.2) is 40.5 Å². The Hall–Kier alpha value is -2.14. The zero-order valence-electron chi connectivity index (χ0n) is 15.4. The van der Waals surface area contributed by atoms with Crippen LogP contribution in [0, 0.1) is 12.8 Å². The van der Waals surface area contributed by atoms with Gasteiger partial charge >= 0.3 is 0 Å². The molecule has 0 radical (unpaired) electrons. The number of amides is 1. The first kappa shape index (κ1) is 17.3. The third-order valence-corrected chi connectivity index (χ3v) is 5.71. The van der Waals surface area contributed by atoms with Gasteiger partial charge in [0.1, 0.15) is 11.5 Å². The van der Waals surface area contributed by atoms with Crippen molar-refractivity contribution in [2.45, 2.75) is 45.2 Å². The Morgan fingerprint density at radius 2 is 1.92 bits per heavy atom. The largest absolute Gasteiger partial charge is 0.361 e. The maximum Gasteiger partial charge on any atom is 0.226 e. The second kappa shape index (κ2) is 7.62. The first-order valence-corrected chi connectivity index (χ1v) is 9.70. The molecule has 5 heteroatoms. The van der Waals surface area contributed by atoms with Crippen molar-refractivity contribution in [2.24, 2.45) is 5.92 Å². The summed E-state index contributed by atoms with van der Waals surface area (Å²) in [4.78, 5) is 17.6. The first-order chi connectivity index (χ1) is 12.7. The minimum Gasteiger partial charge on any atom is -0.361 e. The Morgan fingerprint density at radius 1 is 1.15 bits per heavy atom. The van der Waals surface area contributed by atoms with Gasteiger partial charge in [-0.15, -0.1) is 0 Å². The number of rotatable bonds is 4. The van der Waals surface area contributed by atoms with Crippen LogP contribution < -0.4 is 0 Å². The van der Waals surface area contributed by atoms with Gasteiger partial charge in [0.25, 0.3) is 0 Å². The van der Waals surface area contributed by atoms with Crippen LogP contribution in [0.3, 0.4) is 0 Å². The molecule has 0 N–H and O–H groups in total.